The number of aryl methyl sites for hydroxylation is 1. The summed E-state index contributed by atoms with van der Waals surface area (Å²) >= 11 is 3.55. The zero-order valence-corrected chi connectivity index (χ0v) is 17.5. The van der Waals surface area contributed by atoms with Gasteiger partial charge in [-0.3, -0.25) is 4.79 Å². The molecule has 0 aliphatic heterocycles. The van der Waals surface area contributed by atoms with E-state index < -0.39 is 15.9 Å². The molecule has 0 aliphatic carbocycles. The lowest BCUT2D eigenvalue weighted by Gasteiger charge is -2.24. The first kappa shape index (κ1) is 19.7. The zero-order valence-electron chi connectivity index (χ0n) is 15.1. The van der Waals surface area contributed by atoms with Crippen molar-refractivity contribution in [2.45, 2.75) is 26.8 Å². The molecule has 0 N–H and O–H groups in total. The van der Waals surface area contributed by atoms with Gasteiger partial charge in [0, 0.05) is 35.2 Å². The Morgan fingerprint density at radius 2 is 1.88 bits per heavy atom. The molecule has 0 spiro atoms. The Kier molecular flexibility index (Phi) is 5.79. The summed E-state index contributed by atoms with van der Waals surface area (Å²) in [5, 5.41) is 0. The molecule has 25 heavy (non-hydrogen) atoms. The van der Waals surface area contributed by atoms with E-state index in [1.807, 2.05) is 48.7 Å². The predicted octanol–water partition coefficient (Wildman–Crippen LogP) is 3.36. The van der Waals surface area contributed by atoms with Gasteiger partial charge in [0.05, 0.1) is 17.0 Å². The van der Waals surface area contributed by atoms with E-state index in [0.29, 0.717) is 5.56 Å². The Morgan fingerprint density at radius 3 is 2.44 bits per heavy atom. The van der Waals surface area contributed by atoms with Crippen LogP contribution in [0.2, 0.25) is 0 Å². The minimum absolute atomic E-state index is 0.0573. The summed E-state index contributed by atoms with van der Waals surface area (Å²) in [4.78, 5) is 14.4. The van der Waals surface area contributed by atoms with Crippen LogP contribution in [0.1, 0.15) is 28.7 Å². The second kappa shape index (κ2) is 7.33. The van der Waals surface area contributed by atoms with Crippen LogP contribution in [-0.4, -0.2) is 48.9 Å². The Morgan fingerprint density at radius 1 is 1.28 bits per heavy atom. The highest BCUT2D eigenvalue weighted by Gasteiger charge is 2.25. The molecule has 5 nitrogen and oxygen atoms in total. The first-order valence-electron chi connectivity index (χ1n) is 7.91. The highest BCUT2D eigenvalue weighted by Crippen LogP contribution is 2.27. The Hall–Kier alpha value is -1.60. The van der Waals surface area contributed by atoms with E-state index in [-0.39, 0.29) is 11.7 Å². The van der Waals surface area contributed by atoms with Gasteiger partial charge in [0.2, 0.25) is 0 Å². The van der Waals surface area contributed by atoms with Crippen LogP contribution in [0, 0.1) is 13.8 Å². The lowest BCUT2D eigenvalue weighted by atomic mass is 10.2. The van der Waals surface area contributed by atoms with Crippen LogP contribution in [0.3, 0.4) is 0 Å². The van der Waals surface area contributed by atoms with Crippen molar-refractivity contribution in [3.63, 3.8) is 0 Å². The van der Waals surface area contributed by atoms with Crippen LogP contribution in [0.5, 0.6) is 0 Å². The van der Waals surface area contributed by atoms with Gasteiger partial charge in [0.25, 0.3) is 5.91 Å². The molecule has 1 aromatic heterocycles. The second-order valence-electron chi connectivity index (χ2n) is 6.43. The monoisotopic (exact) mass is 426 g/mol. The summed E-state index contributed by atoms with van der Waals surface area (Å²) in [6.07, 6.45) is 1.18. The highest BCUT2D eigenvalue weighted by atomic mass is 79.9. The summed E-state index contributed by atoms with van der Waals surface area (Å²) in [5.41, 5.74) is 3.31. The number of para-hydroxylation sites is 1. The summed E-state index contributed by atoms with van der Waals surface area (Å²) < 4.78 is 26.0. The topological polar surface area (TPSA) is 59.4 Å². The predicted molar refractivity (Wildman–Crippen MR) is 104 cm³/mol. The SMILES string of the molecule is Cc1cc(C(=O)N(C)[C@H](C)CS(C)(=O)=O)c(C)n1-c1ccccc1Br. The number of carbonyl (C=O) groups is 1. The quantitative estimate of drug-likeness (QED) is 0.735. The van der Waals surface area contributed by atoms with E-state index in [1.165, 1.54) is 11.2 Å². The van der Waals surface area contributed by atoms with Crippen molar-refractivity contribution in [2.75, 3.05) is 19.1 Å². The number of hydrogen-bond acceptors (Lipinski definition) is 3. The fourth-order valence-electron chi connectivity index (χ4n) is 2.92. The number of benzene rings is 1. The fraction of sp³-hybridized carbons (Fsp3) is 0.389. The van der Waals surface area contributed by atoms with Crippen LogP contribution in [-0.2, 0) is 9.84 Å². The van der Waals surface area contributed by atoms with Crippen molar-refractivity contribution < 1.29 is 13.2 Å². The third-order valence-corrected chi connectivity index (χ3v) is 6.04. The van der Waals surface area contributed by atoms with Gasteiger partial charge in [-0.1, -0.05) is 12.1 Å². The molecule has 7 heteroatoms. The molecule has 2 rings (SSSR count). The van der Waals surface area contributed by atoms with E-state index in [9.17, 15) is 13.2 Å². The van der Waals surface area contributed by atoms with Crippen LogP contribution in [0.4, 0.5) is 0 Å². The molecule has 1 aromatic carbocycles. The summed E-state index contributed by atoms with van der Waals surface area (Å²) in [5.74, 6) is -0.236. The maximum absolute atomic E-state index is 12.9. The molecule has 0 saturated carbocycles. The number of carbonyl (C=O) groups excluding carboxylic acids is 1. The van der Waals surface area contributed by atoms with Crippen molar-refractivity contribution in [2.24, 2.45) is 0 Å². The maximum Gasteiger partial charge on any atom is 0.255 e. The molecule has 0 aliphatic rings. The second-order valence-corrected chi connectivity index (χ2v) is 9.47. The molecular formula is C18H23BrN2O3S. The van der Waals surface area contributed by atoms with E-state index in [4.69, 9.17) is 0 Å². The van der Waals surface area contributed by atoms with E-state index in [2.05, 4.69) is 15.9 Å². The van der Waals surface area contributed by atoms with Crippen molar-refractivity contribution in [1.82, 2.24) is 9.47 Å². The molecule has 0 fully saturated rings. The van der Waals surface area contributed by atoms with Crippen LogP contribution in [0.15, 0.2) is 34.8 Å². The van der Waals surface area contributed by atoms with Gasteiger partial charge in [0.1, 0.15) is 9.84 Å². The third kappa shape index (κ3) is 4.33. The minimum atomic E-state index is -3.15. The Labute approximate surface area is 157 Å². The van der Waals surface area contributed by atoms with Gasteiger partial charge in [-0.15, -0.1) is 0 Å². The molecule has 0 radical (unpaired) electrons. The lowest BCUT2D eigenvalue weighted by molar-refractivity contribution is 0.0756. The standard InChI is InChI=1S/C18H23BrN2O3S/c1-12-10-15(18(22)20(4)13(2)11-25(5,23)24)14(3)21(12)17-9-7-6-8-16(17)19/h6-10,13H,11H2,1-5H3/t13-/m1/s1. The van der Waals surface area contributed by atoms with Gasteiger partial charge in [0.15, 0.2) is 0 Å². The summed E-state index contributed by atoms with van der Waals surface area (Å²) in [6, 6.07) is 9.27. The summed E-state index contributed by atoms with van der Waals surface area (Å²) in [6.45, 7) is 5.59. The number of halogens is 1. The molecule has 136 valence electrons. The fourth-order valence-corrected chi connectivity index (χ4v) is 4.49. The maximum atomic E-state index is 12.9. The third-order valence-electron chi connectivity index (χ3n) is 4.28. The molecular weight excluding hydrogens is 404 g/mol. The van der Waals surface area contributed by atoms with Gasteiger partial charge in [-0.25, -0.2) is 8.42 Å². The van der Waals surface area contributed by atoms with Crippen molar-refractivity contribution in [3.05, 3.63) is 51.8 Å². The molecule has 1 heterocycles. The molecule has 2 aromatic rings. The Balaban J connectivity index is 2.40. The number of sulfone groups is 1. The van der Waals surface area contributed by atoms with Crippen molar-refractivity contribution in [3.8, 4) is 5.69 Å². The average Bonchev–Trinajstić information content (AvgIpc) is 2.80. The van der Waals surface area contributed by atoms with E-state index >= 15 is 0 Å². The highest BCUT2D eigenvalue weighted by molar-refractivity contribution is 9.10. The van der Waals surface area contributed by atoms with Crippen LogP contribution in [0.25, 0.3) is 5.69 Å². The average molecular weight is 427 g/mol. The number of amides is 1. The van der Waals surface area contributed by atoms with E-state index in [1.54, 1.807) is 14.0 Å². The normalized spacial score (nSPS) is 12.9. The molecule has 1 atom stereocenters. The molecule has 0 saturated heterocycles. The first-order valence-corrected chi connectivity index (χ1v) is 10.8. The molecule has 0 unspecified atom stereocenters. The minimum Gasteiger partial charge on any atom is -0.338 e. The van der Waals surface area contributed by atoms with E-state index in [0.717, 1.165) is 21.5 Å². The number of nitrogens with zero attached hydrogens (tertiary/aromatic N) is 2. The number of rotatable bonds is 5. The van der Waals surface area contributed by atoms with Crippen LogP contribution >= 0.6 is 15.9 Å². The lowest BCUT2D eigenvalue weighted by Crippen LogP contribution is -2.39. The molecule has 0 bridgehead atoms. The van der Waals surface area contributed by atoms with Gasteiger partial charge >= 0.3 is 0 Å². The number of hydrogen-bond donors (Lipinski definition) is 0. The largest absolute Gasteiger partial charge is 0.338 e. The van der Waals surface area contributed by atoms with Crippen molar-refractivity contribution >= 4 is 31.7 Å². The van der Waals surface area contributed by atoms with Crippen LogP contribution < -0.4 is 0 Å². The van der Waals surface area contributed by atoms with Gasteiger partial charge in [-0.2, -0.15) is 0 Å². The van der Waals surface area contributed by atoms with Crippen molar-refractivity contribution in [1.29, 1.82) is 0 Å². The van der Waals surface area contributed by atoms with Gasteiger partial charge in [-0.05, 0) is 54.9 Å². The Bertz CT molecular complexity index is 903. The zero-order chi connectivity index (χ0) is 18.9. The number of aromatic nitrogens is 1. The van der Waals surface area contributed by atoms with Gasteiger partial charge < -0.3 is 9.47 Å². The molecule has 1 amide bonds. The smallest absolute Gasteiger partial charge is 0.255 e. The summed E-state index contributed by atoms with van der Waals surface area (Å²) in [7, 11) is -1.51. The first-order chi connectivity index (χ1) is 11.5.